The van der Waals surface area contributed by atoms with Crippen molar-refractivity contribution >= 4 is 11.7 Å². The number of anilines is 1. The first-order valence-corrected chi connectivity index (χ1v) is 8.73. The zero-order chi connectivity index (χ0) is 17.6. The summed E-state index contributed by atoms with van der Waals surface area (Å²) in [5.41, 5.74) is 1.29. The molecular weight excluding hydrogens is 319 g/mol. The first-order chi connectivity index (χ1) is 12.1. The summed E-state index contributed by atoms with van der Waals surface area (Å²) in [6.45, 7) is 4.71. The number of rotatable bonds is 5. The number of nitrogens with one attached hydrogen (secondary N) is 1. The molecule has 0 radical (unpaired) electrons. The van der Waals surface area contributed by atoms with Crippen LogP contribution in [0.4, 0.5) is 10.2 Å². The monoisotopic (exact) mass is 342 g/mol. The van der Waals surface area contributed by atoms with Crippen LogP contribution >= 0.6 is 0 Å². The third-order valence-corrected chi connectivity index (χ3v) is 4.60. The molecule has 0 unspecified atom stereocenters. The van der Waals surface area contributed by atoms with Crippen LogP contribution in [0, 0.1) is 11.7 Å². The van der Waals surface area contributed by atoms with Crippen molar-refractivity contribution in [2.45, 2.75) is 26.2 Å². The Labute approximate surface area is 147 Å². The quantitative estimate of drug-likeness (QED) is 0.908. The minimum absolute atomic E-state index is 0.242. The highest BCUT2D eigenvalue weighted by molar-refractivity contribution is 5.92. The molecule has 1 aliphatic rings. The Morgan fingerprint density at radius 3 is 2.52 bits per heavy atom. The van der Waals surface area contributed by atoms with Crippen molar-refractivity contribution in [1.82, 2.24) is 15.5 Å². The average molecular weight is 342 g/mol. The van der Waals surface area contributed by atoms with Crippen LogP contribution < -0.4 is 10.2 Å². The van der Waals surface area contributed by atoms with Crippen molar-refractivity contribution in [2.24, 2.45) is 5.92 Å². The van der Waals surface area contributed by atoms with Gasteiger partial charge in [0.2, 0.25) is 0 Å². The molecule has 0 spiro atoms. The van der Waals surface area contributed by atoms with E-state index >= 15 is 0 Å². The van der Waals surface area contributed by atoms with Gasteiger partial charge in [-0.3, -0.25) is 4.79 Å². The van der Waals surface area contributed by atoms with Crippen LogP contribution in [0.15, 0.2) is 36.4 Å². The molecule has 6 heteroatoms. The lowest BCUT2D eigenvalue weighted by Crippen LogP contribution is -2.34. The topological polar surface area (TPSA) is 58.1 Å². The van der Waals surface area contributed by atoms with Gasteiger partial charge in [-0.15, -0.1) is 10.2 Å². The van der Waals surface area contributed by atoms with E-state index in [9.17, 15) is 9.18 Å². The molecule has 1 N–H and O–H groups in total. The Hall–Kier alpha value is -2.50. The maximum Gasteiger partial charge on any atom is 0.271 e. The van der Waals surface area contributed by atoms with Crippen LogP contribution in [0.25, 0.3) is 0 Å². The van der Waals surface area contributed by atoms with Gasteiger partial charge in [-0.1, -0.05) is 19.1 Å². The van der Waals surface area contributed by atoms with Crippen molar-refractivity contribution in [2.75, 3.05) is 24.5 Å². The van der Waals surface area contributed by atoms with Crippen LogP contribution in [0.5, 0.6) is 0 Å². The fourth-order valence-corrected chi connectivity index (χ4v) is 2.91. The van der Waals surface area contributed by atoms with Gasteiger partial charge < -0.3 is 10.2 Å². The minimum atomic E-state index is -0.258. The highest BCUT2D eigenvalue weighted by atomic mass is 19.1. The van der Waals surface area contributed by atoms with Gasteiger partial charge in [0.15, 0.2) is 11.5 Å². The Morgan fingerprint density at radius 2 is 1.88 bits per heavy atom. The van der Waals surface area contributed by atoms with Crippen molar-refractivity contribution in [3.8, 4) is 0 Å². The van der Waals surface area contributed by atoms with Crippen molar-refractivity contribution in [3.63, 3.8) is 0 Å². The van der Waals surface area contributed by atoms with Crippen molar-refractivity contribution < 1.29 is 9.18 Å². The maximum atomic E-state index is 12.9. The minimum Gasteiger partial charge on any atom is -0.355 e. The summed E-state index contributed by atoms with van der Waals surface area (Å²) in [6, 6.07) is 9.85. The smallest absolute Gasteiger partial charge is 0.271 e. The number of hydrogen-bond acceptors (Lipinski definition) is 4. The fourth-order valence-electron chi connectivity index (χ4n) is 2.91. The predicted octanol–water partition coefficient (Wildman–Crippen LogP) is 2.82. The highest BCUT2D eigenvalue weighted by Gasteiger charge is 2.17. The van der Waals surface area contributed by atoms with Crippen LogP contribution in [-0.2, 0) is 6.42 Å². The maximum absolute atomic E-state index is 12.9. The highest BCUT2D eigenvalue weighted by Crippen LogP contribution is 2.20. The summed E-state index contributed by atoms with van der Waals surface area (Å²) in [7, 11) is 0. The molecule has 0 atom stereocenters. The molecule has 2 heterocycles. The summed E-state index contributed by atoms with van der Waals surface area (Å²) in [5.74, 6) is 1.09. The molecule has 5 nitrogen and oxygen atoms in total. The largest absolute Gasteiger partial charge is 0.355 e. The van der Waals surface area contributed by atoms with Crippen molar-refractivity contribution in [1.29, 1.82) is 0 Å². The molecule has 132 valence electrons. The molecule has 1 aromatic heterocycles. The second kappa shape index (κ2) is 8.05. The Bertz CT molecular complexity index is 694. The lowest BCUT2D eigenvalue weighted by atomic mass is 9.99. The van der Waals surface area contributed by atoms with Gasteiger partial charge in [-0.05, 0) is 55.0 Å². The molecule has 3 rings (SSSR count). The van der Waals surface area contributed by atoms with Crippen LogP contribution in [0.2, 0.25) is 0 Å². The lowest BCUT2D eigenvalue weighted by molar-refractivity contribution is 0.0948. The van der Waals surface area contributed by atoms with Crippen LogP contribution in [0.3, 0.4) is 0 Å². The summed E-state index contributed by atoms with van der Waals surface area (Å²) in [5, 5.41) is 11.1. The van der Waals surface area contributed by atoms with E-state index in [0.717, 1.165) is 43.2 Å². The third-order valence-electron chi connectivity index (χ3n) is 4.60. The standard InChI is InChI=1S/C19H23FN4O/c1-14-9-12-24(13-10-14)18-7-6-17(22-23-18)19(25)21-11-8-15-2-4-16(20)5-3-15/h2-7,14H,8-13H2,1H3,(H,21,25). The Morgan fingerprint density at radius 1 is 1.16 bits per heavy atom. The Kier molecular flexibility index (Phi) is 5.58. The molecule has 1 fully saturated rings. The van der Waals surface area contributed by atoms with Gasteiger partial charge in [0.05, 0.1) is 0 Å². The molecule has 1 aliphatic heterocycles. The van der Waals surface area contributed by atoms with Gasteiger partial charge in [-0.25, -0.2) is 4.39 Å². The molecule has 25 heavy (non-hydrogen) atoms. The number of carbonyl (C=O) groups is 1. The first kappa shape index (κ1) is 17.3. The van der Waals surface area contributed by atoms with Crippen molar-refractivity contribution in [3.05, 3.63) is 53.5 Å². The second-order valence-electron chi connectivity index (χ2n) is 6.58. The number of benzene rings is 1. The molecule has 1 aromatic carbocycles. The molecule has 2 aromatic rings. The number of piperidine rings is 1. The third kappa shape index (κ3) is 4.75. The molecule has 0 aliphatic carbocycles. The van der Waals surface area contributed by atoms with E-state index in [1.807, 2.05) is 6.07 Å². The summed E-state index contributed by atoms with van der Waals surface area (Å²) < 4.78 is 12.9. The van der Waals surface area contributed by atoms with E-state index in [-0.39, 0.29) is 11.7 Å². The number of nitrogens with zero attached hydrogens (tertiary/aromatic N) is 3. The molecule has 1 amide bonds. The number of amides is 1. The summed E-state index contributed by atoms with van der Waals surface area (Å²) in [4.78, 5) is 14.3. The van der Waals surface area contributed by atoms with E-state index in [0.29, 0.717) is 18.7 Å². The SMILES string of the molecule is CC1CCN(c2ccc(C(=O)NCCc3ccc(F)cc3)nn2)CC1. The van der Waals surface area contributed by atoms with Gasteiger partial charge in [0.25, 0.3) is 5.91 Å². The zero-order valence-corrected chi connectivity index (χ0v) is 14.4. The first-order valence-electron chi connectivity index (χ1n) is 8.73. The number of hydrogen-bond donors (Lipinski definition) is 1. The fraction of sp³-hybridized carbons (Fsp3) is 0.421. The number of aromatic nitrogens is 2. The van der Waals surface area contributed by atoms with E-state index in [2.05, 4.69) is 27.3 Å². The lowest BCUT2D eigenvalue weighted by Gasteiger charge is -2.30. The van der Waals surface area contributed by atoms with E-state index in [4.69, 9.17) is 0 Å². The second-order valence-corrected chi connectivity index (χ2v) is 6.58. The van der Waals surface area contributed by atoms with Gasteiger partial charge in [0, 0.05) is 19.6 Å². The number of carbonyl (C=O) groups excluding carboxylic acids is 1. The van der Waals surface area contributed by atoms with Crippen LogP contribution in [0.1, 0.15) is 35.8 Å². The van der Waals surface area contributed by atoms with Gasteiger partial charge in [-0.2, -0.15) is 0 Å². The van der Waals surface area contributed by atoms with E-state index in [1.54, 1.807) is 18.2 Å². The summed E-state index contributed by atoms with van der Waals surface area (Å²) in [6.07, 6.45) is 2.96. The molecular formula is C19H23FN4O. The van der Waals surface area contributed by atoms with E-state index < -0.39 is 0 Å². The zero-order valence-electron chi connectivity index (χ0n) is 14.4. The number of halogens is 1. The summed E-state index contributed by atoms with van der Waals surface area (Å²) >= 11 is 0. The predicted molar refractivity (Wildman–Crippen MR) is 95.1 cm³/mol. The van der Waals surface area contributed by atoms with Gasteiger partial charge in [0.1, 0.15) is 5.82 Å². The normalized spacial score (nSPS) is 15.2. The molecule has 1 saturated heterocycles. The van der Waals surface area contributed by atoms with Gasteiger partial charge >= 0.3 is 0 Å². The molecule has 0 bridgehead atoms. The van der Waals surface area contributed by atoms with Crippen LogP contribution in [-0.4, -0.2) is 35.7 Å². The Balaban J connectivity index is 1.49. The average Bonchev–Trinajstić information content (AvgIpc) is 2.64. The molecule has 0 saturated carbocycles. The van der Waals surface area contributed by atoms with E-state index in [1.165, 1.54) is 12.1 Å².